The molecule has 3 atom stereocenters. The standard InChI is InChI=1S/C12H20BrN3/c1-9-4-3-5-12(9)15-10(2)7-16-8-11(13)6-14-16/h6,8-10,12,15H,3-5,7H2,1-2H3. The fourth-order valence-corrected chi connectivity index (χ4v) is 2.86. The number of aromatic nitrogens is 2. The molecule has 90 valence electrons. The normalized spacial score (nSPS) is 27.2. The average Bonchev–Trinajstić information content (AvgIpc) is 2.77. The number of halogens is 1. The van der Waals surface area contributed by atoms with Crippen LogP contribution in [0, 0.1) is 5.92 Å². The minimum atomic E-state index is 0.484. The first kappa shape index (κ1) is 12.1. The number of rotatable bonds is 4. The minimum absolute atomic E-state index is 0.484. The fourth-order valence-electron chi connectivity index (χ4n) is 2.53. The summed E-state index contributed by atoms with van der Waals surface area (Å²) < 4.78 is 3.04. The van der Waals surface area contributed by atoms with E-state index in [1.54, 1.807) is 0 Å². The third kappa shape index (κ3) is 3.08. The summed E-state index contributed by atoms with van der Waals surface area (Å²) in [6, 6.07) is 1.19. The van der Waals surface area contributed by atoms with Crippen molar-refractivity contribution in [1.29, 1.82) is 0 Å². The van der Waals surface area contributed by atoms with Crippen molar-refractivity contribution < 1.29 is 0 Å². The quantitative estimate of drug-likeness (QED) is 0.922. The molecule has 0 spiro atoms. The first-order valence-electron chi connectivity index (χ1n) is 6.09. The molecule has 1 aromatic rings. The molecule has 3 nitrogen and oxygen atoms in total. The lowest BCUT2D eigenvalue weighted by atomic mass is 10.1. The van der Waals surface area contributed by atoms with Gasteiger partial charge in [-0.15, -0.1) is 0 Å². The zero-order valence-electron chi connectivity index (χ0n) is 9.99. The number of hydrogen-bond donors (Lipinski definition) is 1. The van der Waals surface area contributed by atoms with E-state index in [1.807, 2.05) is 17.1 Å². The van der Waals surface area contributed by atoms with E-state index in [4.69, 9.17) is 0 Å². The Morgan fingerprint density at radius 1 is 1.62 bits per heavy atom. The molecule has 3 unspecified atom stereocenters. The summed E-state index contributed by atoms with van der Waals surface area (Å²) in [7, 11) is 0. The fraction of sp³-hybridized carbons (Fsp3) is 0.750. The van der Waals surface area contributed by atoms with Gasteiger partial charge in [0.25, 0.3) is 0 Å². The molecule has 1 N–H and O–H groups in total. The lowest BCUT2D eigenvalue weighted by Crippen LogP contribution is -2.40. The third-order valence-electron chi connectivity index (χ3n) is 3.42. The van der Waals surface area contributed by atoms with Gasteiger partial charge in [-0.25, -0.2) is 0 Å². The van der Waals surface area contributed by atoms with Gasteiger partial charge in [-0.1, -0.05) is 13.3 Å². The molecule has 0 amide bonds. The van der Waals surface area contributed by atoms with Crippen LogP contribution in [0.2, 0.25) is 0 Å². The highest BCUT2D eigenvalue weighted by Crippen LogP contribution is 2.25. The largest absolute Gasteiger partial charge is 0.309 e. The smallest absolute Gasteiger partial charge is 0.0632 e. The highest BCUT2D eigenvalue weighted by molar-refractivity contribution is 9.10. The van der Waals surface area contributed by atoms with E-state index in [1.165, 1.54) is 19.3 Å². The Hall–Kier alpha value is -0.350. The van der Waals surface area contributed by atoms with Gasteiger partial charge >= 0.3 is 0 Å². The van der Waals surface area contributed by atoms with Crippen LogP contribution in [-0.4, -0.2) is 21.9 Å². The Balaban J connectivity index is 1.82. The van der Waals surface area contributed by atoms with Crippen LogP contribution in [-0.2, 0) is 6.54 Å². The summed E-state index contributed by atoms with van der Waals surface area (Å²) >= 11 is 3.42. The van der Waals surface area contributed by atoms with E-state index in [0.717, 1.165) is 16.9 Å². The summed E-state index contributed by atoms with van der Waals surface area (Å²) in [5, 5.41) is 7.99. The SMILES string of the molecule is CC(Cn1cc(Br)cn1)NC1CCCC1C. The van der Waals surface area contributed by atoms with Crippen LogP contribution < -0.4 is 5.32 Å². The zero-order chi connectivity index (χ0) is 11.5. The van der Waals surface area contributed by atoms with Crippen LogP contribution in [0.15, 0.2) is 16.9 Å². The van der Waals surface area contributed by atoms with Gasteiger partial charge < -0.3 is 5.32 Å². The van der Waals surface area contributed by atoms with Crippen LogP contribution in [0.3, 0.4) is 0 Å². The average molecular weight is 286 g/mol. The molecular weight excluding hydrogens is 266 g/mol. The monoisotopic (exact) mass is 285 g/mol. The molecular formula is C12H20BrN3. The van der Waals surface area contributed by atoms with Gasteiger partial charge in [-0.2, -0.15) is 5.10 Å². The summed E-state index contributed by atoms with van der Waals surface area (Å²) in [5.74, 6) is 0.826. The van der Waals surface area contributed by atoms with Gasteiger partial charge in [0.05, 0.1) is 17.2 Å². The molecule has 0 radical (unpaired) electrons. The van der Waals surface area contributed by atoms with Crippen LogP contribution in [0.25, 0.3) is 0 Å². The van der Waals surface area contributed by atoms with Crippen LogP contribution in [0.5, 0.6) is 0 Å². The highest BCUT2D eigenvalue weighted by atomic mass is 79.9. The van der Waals surface area contributed by atoms with Crippen molar-refractivity contribution in [2.75, 3.05) is 0 Å². The molecule has 0 bridgehead atoms. The summed E-state index contributed by atoms with van der Waals surface area (Å²) in [6.45, 7) is 5.53. The van der Waals surface area contributed by atoms with E-state index in [-0.39, 0.29) is 0 Å². The van der Waals surface area contributed by atoms with Gasteiger partial charge in [0.2, 0.25) is 0 Å². The van der Waals surface area contributed by atoms with Crippen molar-refractivity contribution in [2.24, 2.45) is 5.92 Å². The lowest BCUT2D eigenvalue weighted by molar-refractivity contribution is 0.352. The topological polar surface area (TPSA) is 29.9 Å². The Morgan fingerprint density at radius 2 is 2.44 bits per heavy atom. The van der Waals surface area contributed by atoms with Gasteiger partial charge in [-0.3, -0.25) is 4.68 Å². The van der Waals surface area contributed by atoms with Crippen LogP contribution >= 0.6 is 15.9 Å². The maximum atomic E-state index is 4.28. The molecule has 1 aliphatic carbocycles. The molecule has 1 saturated carbocycles. The second kappa shape index (κ2) is 5.32. The van der Waals surface area contributed by atoms with Crippen molar-refractivity contribution in [3.63, 3.8) is 0 Å². The molecule has 1 fully saturated rings. The Kier molecular flexibility index (Phi) is 4.03. The van der Waals surface area contributed by atoms with Gasteiger partial charge in [0, 0.05) is 18.3 Å². The molecule has 16 heavy (non-hydrogen) atoms. The number of nitrogens with zero attached hydrogens (tertiary/aromatic N) is 2. The Labute approximate surface area is 106 Å². The number of hydrogen-bond acceptors (Lipinski definition) is 2. The van der Waals surface area contributed by atoms with Crippen LogP contribution in [0.4, 0.5) is 0 Å². The van der Waals surface area contributed by atoms with E-state index in [2.05, 4.69) is 40.2 Å². The van der Waals surface area contributed by atoms with Crippen molar-refractivity contribution in [3.05, 3.63) is 16.9 Å². The van der Waals surface area contributed by atoms with E-state index in [0.29, 0.717) is 12.1 Å². The predicted octanol–water partition coefficient (Wildman–Crippen LogP) is 2.81. The zero-order valence-corrected chi connectivity index (χ0v) is 11.6. The first-order valence-corrected chi connectivity index (χ1v) is 6.88. The maximum Gasteiger partial charge on any atom is 0.0632 e. The molecule has 4 heteroatoms. The Bertz CT molecular complexity index is 337. The molecule has 0 saturated heterocycles. The van der Waals surface area contributed by atoms with Crippen molar-refractivity contribution >= 4 is 15.9 Å². The van der Waals surface area contributed by atoms with E-state index >= 15 is 0 Å². The molecule has 1 aliphatic rings. The minimum Gasteiger partial charge on any atom is -0.309 e. The molecule has 0 aromatic carbocycles. The second-order valence-electron chi connectivity index (χ2n) is 4.96. The predicted molar refractivity (Wildman–Crippen MR) is 69.3 cm³/mol. The van der Waals surface area contributed by atoms with Crippen molar-refractivity contribution in [1.82, 2.24) is 15.1 Å². The highest BCUT2D eigenvalue weighted by Gasteiger charge is 2.24. The van der Waals surface area contributed by atoms with Crippen molar-refractivity contribution in [3.8, 4) is 0 Å². The molecule has 1 heterocycles. The first-order chi connectivity index (χ1) is 7.65. The van der Waals surface area contributed by atoms with Gasteiger partial charge in [0.1, 0.15) is 0 Å². The maximum absolute atomic E-state index is 4.28. The van der Waals surface area contributed by atoms with Crippen molar-refractivity contribution in [2.45, 2.75) is 51.7 Å². The second-order valence-corrected chi connectivity index (χ2v) is 5.88. The van der Waals surface area contributed by atoms with Crippen LogP contribution in [0.1, 0.15) is 33.1 Å². The number of nitrogens with one attached hydrogen (secondary N) is 1. The van der Waals surface area contributed by atoms with E-state index in [9.17, 15) is 0 Å². The molecule has 1 aromatic heterocycles. The summed E-state index contributed by atoms with van der Waals surface area (Å²) in [6.07, 6.45) is 7.94. The third-order valence-corrected chi connectivity index (χ3v) is 3.83. The Morgan fingerprint density at radius 3 is 3.00 bits per heavy atom. The van der Waals surface area contributed by atoms with Gasteiger partial charge in [-0.05, 0) is 41.6 Å². The summed E-state index contributed by atoms with van der Waals surface area (Å²) in [5.41, 5.74) is 0. The molecule has 2 rings (SSSR count). The molecule has 0 aliphatic heterocycles. The van der Waals surface area contributed by atoms with E-state index < -0.39 is 0 Å². The van der Waals surface area contributed by atoms with Gasteiger partial charge in [0.15, 0.2) is 0 Å². The lowest BCUT2D eigenvalue weighted by Gasteiger charge is -2.22. The summed E-state index contributed by atoms with van der Waals surface area (Å²) in [4.78, 5) is 0.